The molecule has 0 N–H and O–H groups in total. The van der Waals surface area contributed by atoms with Crippen LogP contribution in [0.1, 0.15) is 36.1 Å². The summed E-state index contributed by atoms with van der Waals surface area (Å²) in [4.78, 5) is 19.7. The third-order valence-corrected chi connectivity index (χ3v) is 7.17. The lowest BCUT2D eigenvalue weighted by Crippen LogP contribution is -2.49. The number of rotatable bonds is 6. The maximum Gasteiger partial charge on any atom is 0.135 e. The Morgan fingerprint density at radius 1 is 0.710 bits per heavy atom. The Hall–Kier alpha value is -2.02. The Balaban J connectivity index is 1.15. The number of nitrogens with zero attached hydrogens (tertiary/aromatic N) is 6. The van der Waals surface area contributed by atoms with Crippen molar-refractivity contribution in [1.29, 1.82) is 0 Å². The molecular weight excluding hydrogens is 384 g/mol. The molecule has 0 spiro atoms. The number of fused-ring (bicyclic) bond motifs is 1. The van der Waals surface area contributed by atoms with Crippen molar-refractivity contribution < 1.29 is 0 Å². The zero-order valence-electron chi connectivity index (χ0n) is 18.8. The van der Waals surface area contributed by atoms with Gasteiger partial charge < -0.3 is 9.80 Å². The fraction of sp³-hybridized carbons (Fsp3) is 0.600. The molecule has 2 aromatic rings. The van der Waals surface area contributed by atoms with Crippen molar-refractivity contribution in [2.24, 2.45) is 0 Å². The maximum absolute atomic E-state index is 4.74. The number of anilines is 1. The third kappa shape index (κ3) is 5.25. The summed E-state index contributed by atoms with van der Waals surface area (Å²) in [6, 6.07) is 10.8. The zero-order chi connectivity index (χ0) is 20.9. The molecule has 166 valence electrons. The van der Waals surface area contributed by atoms with Crippen molar-refractivity contribution >= 4 is 5.82 Å². The maximum atomic E-state index is 4.74. The van der Waals surface area contributed by atoms with E-state index in [1.165, 1.54) is 68.1 Å². The van der Waals surface area contributed by atoms with E-state index in [0.717, 1.165) is 52.2 Å². The Labute approximate surface area is 186 Å². The van der Waals surface area contributed by atoms with Gasteiger partial charge >= 0.3 is 0 Å². The fourth-order valence-electron chi connectivity index (χ4n) is 5.29. The largest absolute Gasteiger partial charge is 0.354 e. The van der Waals surface area contributed by atoms with Gasteiger partial charge in [-0.05, 0) is 37.9 Å². The quantitative estimate of drug-likeness (QED) is 0.715. The van der Waals surface area contributed by atoms with E-state index in [-0.39, 0.29) is 0 Å². The van der Waals surface area contributed by atoms with E-state index in [2.05, 4.69) is 54.9 Å². The van der Waals surface area contributed by atoms with Crippen molar-refractivity contribution in [1.82, 2.24) is 24.7 Å². The topological polar surface area (TPSA) is 38.7 Å². The summed E-state index contributed by atoms with van der Waals surface area (Å²) in [7, 11) is 0. The fourth-order valence-corrected chi connectivity index (χ4v) is 5.29. The molecule has 3 aliphatic rings. The standard InChI is InChI=1S/C25H36N6/c1-3-7-22(8-4-1)19-30-12-9-23-24(20-30)26-21-27-25(23)31-17-15-29(16-18-31)14-13-28-10-5-2-6-11-28/h1,3-4,7-8,21H,2,5-6,9-20H2. The van der Waals surface area contributed by atoms with Gasteiger partial charge in [-0.15, -0.1) is 0 Å². The van der Waals surface area contributed by atoms with E-state index < -0.39 is 0 Å². The van der Waals surface area contributed by atoms with Crippen molar-refractivity contribution in [2.75, 3.05) is 63.8 Å². The van der Waals surface area contributed by atoms with Gasteiger partial charge in [-0.3, -0.25) is 9.80 Å². The Morgan fingerprint density at radius 2 is 1.45 bits per heavy atom. The minimum absolute atomic E-state index is 0.926. The molecule has 1 aromatic carbocycles. The van der Waals surface area contributed by atoms with Crippen LogP contribution in [0.25, 0.3) is 0 Å². The molecule has 0 amide bonds. The molecule has 1 aromatic heterocycles. The number of piperidine rings is 1. The molecule has 5 rings (SSSR count). The van der Waals surface area contributed by atoms with Crippen molar-refractivity contribution in [3.8, 4) is 0 Å². The molecule has 4 heterocycles. The summed E-state index contributed by atoms with van der Waals surface area (Å²) in [6.07, 6.45) is 7.02. The third-order valence-electron chi connectivity index (χ3n) is 7.17. The lowest BCUT2D eigenvalue weighted by molar-refractivity contribution is 0.176. The van der Waals surface area contributed by atoms with Gasteiger partial charge in [0.05, 0.1) is 5.69 Å². The lowest BCUT2D eigenvalue weighted by Gasteiger charge is -2.38. The number of hydrogen-bond donors (Lipinski definition) is 0. The van der Waals surface area contributed by atoms with Gasteiger partial charge in [-0.1, -0.05) is 36.8 Å². The molecule has 0 saturated carbocycles. The molecule has 0 unspecified atom stereocenters. The van der Waals surface area contributed by atoms with Crippen molar-refractivity contribution in [3.05, 3.63) is 53.5 Å². The Morgan fingerprint density at radius 3 is 2.23 bits per heavy atom. The highest BCUT2D eigenvalue weighted by Crippen LogP contribution is 2.27. The van der Waals surface area contributed by atoms with Crippen LogP contribution in [0.15, 0.2) is 36.7 Å². The van der Waals surface area contributed by atoms with E-state index in [0.29, 0.717) is 0 Å². The molecular formula is C25H36N6. The van der Waals surface area contributed by atoms with E-state index >= 15 is 0 Å². The highest BCUT2D eigenvalue weighted by Gasteiger charge is 2.26. The van der Waals surface area contributed by atoms with Crippen molar-refractivity contribution in [2.45, 2.75) is 38.8 Å². The summed E-state index contributed by atoms with van der Waals surface area (Å²) in [6.45, 7) is 12.5. The zero-order valence-corrected chi connectivity index (χ0v) is 18.8. The predicted octanol–water partition coefficient (Wildman–Crippen LogP) is 2.64. The molecule has 0 aliphatic carbocycles. The first kappa shape index (κ1) is 20.9. The predicted molar refractivity (Wildman–Crippen MR) is 125 cm³/mol. The van der Waals surface area contributed by atoms with Crippen molar-refractivity contribution in [3.63, 3.8) is 0 Å². The van der Waals surface area contributed by atoms with Gasteiger partial charge in [-0.2, -0.15) is 0 Å². The molecule has 6 heteroatoms. The number of benzene rings is 1. The average Bonchev–Trinajstić information content (AvgIpc) is 2.84. The second-order valence-corrected chi connectivity index (χ2v) is 9.30. The normalized spacial score (nSPS) is 21.2. The minimum Gasteiger partial charge on any atom is -0.354 e. The van der Waals surface area contributed by atoms with E-state index in [1.807, 2.05) is 0 Å². The van der Waals surface area contributed by atoms with Crippen LogP contribution in [0.5, 0.6) is 0 Å². The number of piperazine rings is 1. The van der Waals surface area contributed by atoms with Crippen LogP contribution in [0.2, 0.25) is 0 Å². The molecule has 0 bridgehead atoms. The molecule has 2 fully saturated rings. The van der Waals surface area contributed by atoms with E-state index in [1.54, 1.807) is 6.33 Å². The lowest BCUT2D eigenvalue weighted by atomic mass is 10.0. The molecule has 6 nitrogen and oxygen atoms in total. The van der Waals surface area contributed by atoms with E-state index in [9.17, 15) is 0 Å². The van der Waals surface area contributed by atoms with Gasteiger partial charge in [0.1, 0.15) is 12.1 Å². The number of aromatic nitrogens is 2. The monoisotopic (exact) mass is 420 g/mol. The second kappa shape index (κ2) is 10.1. The molecule has 2 saturated heterocycles. The Bertz CT molecular complexity index is 827. The van der Waals surface area contributed by atoms with Gasteiger partial charge in [-0.25, -0.2) is 9.97 Å². The first-order valence-electron chi connectivity index (χ1n) is 12.1. The molecule has 3 aliphatic heterocycles. The molecule has 31 heavy (non-hydrogen) atoms. The number of hydrogen-bond acceptors (Lipinski definition) is 6. The summed E-state index contributed by atoms with van der Waals surface area (Å²) in [5.74, 6) is 1.19. The van der Waals surface area contributed by atoms with Gasteiger partial charge in [0, 0.05) is 64.5 Å². The van der Waals surface area contributed by atoms with Gasteiger partial charge in [0.15, 0.2) is 0 Å². The van der Waals surface area contributed by atoms with Crippen LogP contribution < -0.4 is 4.90 Å². The highest BCUT2D eigenvalue weighted by molar-refractivity contribution is 5.50. The van der Waals surface area contributed by atoms with Crippen LogP contribution in [-0.4, -0.2) is 83.6 Å². The first-order chi connectivity index (χ1) is 15.3. The van der Waals surface area contributed by atoms with E-state index in [4.69, 9.17) is 4.98 Å². The summed E-state index contributed by atoms with van der Waals surface area (Å²) < 4.78 is 0. The second-order valence-electron chi connectivity index (χ2n) is 9.30. The summed E-state index contributed by atoms with van der Waals surface area (Å²) in [5, 5.41) is 0. The average molecular weight is 421 g/mol. The van der Waals surface area contributed by atoms with Gasteiger partial charge in [0.2, 0.25) is 0 Å². The SMILES string of the molecule is c1ccc(CN2CCc3c(ncnc3N3CCN(CCN4CCCCC4)CC3)C2)cc1. The summed E-state index contributed by atoms with van der Waals surface area (Å²) in [5.41, 5.74) is 3.98. The summed E-state index contributed by atoms with van der Waals surface area (Å²) >= 11 is 0. The smallest absolute Gasteiger partial charge is 0.135 e. The first-order valence-corrected chi connectivity index (χ1v) is 12.1. The van der Waals surface area contributed by atoms with Crippen LogP contribution in [0.4, 0.5) is 5.82 Å². The highest BCUT2D eigenvalue weighted by atomic mass is 15.3. The molecule has 0 radical (unpaired) electrons. The van der Waals surface area contributed by atoms with Crippen LogP contribution in [0.3, 0.4) is 0 Å². The van der Waals surface area contributed by atoms with Crippen LogP contribution in [0, 0.1) is 0 Å². The molecule has 0 atom stereocenters. The van der Waals surface area contributed by atoms with Crippen LogP contribution in [-0.2, 0) is 19.5 Å². The van der Waals surface area contributed by atoms with Gasteiger partial charge in [0.25, 0.3) is 0 Å². The minimum atomic E-state index is 0.926. The van der Waals surface area contributed by atoms with Crippen LogP contribution >= 0.6 is 0 Å². The Kier molecular flexibility index (Phi) is 6.77. The number of likely N-dealkylation sites (tertiary alicyclic amines) is 1.